The Hall–Kier alpha value is -4.31. The number of pyridine rings is 1. The van der Waals surface area contributed by atoms with E-state index in [1.807, 2.05) is 73.1 Å². The Balaban J connectivity index is 0.000000455. The molecule has 0 aliphatic carbocycles. The molecule has 0 radical (unpaired) electrons. The molecule has 0 bridgehead atoms. The molecule has 184 valence electrons. The molecule has 1 aliphatic heterocycles. The van der Waals surface area contributed by atoms with Crippen LogP contribution < -0.4 is 9.04 Å². The van der Waals surface area contributed by atoms with Crippen molar-refractivity contribution < 1.29 is 29.3 Å². The summed E-state index contributed by atoms with van der Waals surface area (Å²) < 4.78 is 8.11. The summed E-state index contributed by atoms with van der Waals surface area (Å²) in [6.45, 7) is 1.19. The molecule has 3 heterocycles. The zero-order valence-electron chi connectivity index (χ0n) is 19.0. The molecule has 1 fully saturated rings. The smallest absolute Gasteiger partial charge is 0.414 e. The van der Waals surface area contributed by atoms with Crippen LogP contribution in [0.5, 0.6) is 5.75 Å². The summed E-state index contributed by atoms with van der Waals surface area (Å²) in [4.78, 5) is 38.9. The summed E-state index contributed by atoms with van der Waals surface area (Å²) in [5.41, 5.74) is 3.82. The Morgan fingerprint density at radius 1 is 1.06 bits per heavy atom. The lowest BCUT2D eigenvalue weighted by Crippen LogP contribution is -2.22. The van der Waals surface area contributed by atoms with Crippen LogP contribution in [-0.4, -0.2) is 50.2 Å². The van der Waals surface area contributed by atoms with E-state index in [1.54, 1.807) is 18.1 Å². The van der Waals surface area contributed by atoms with Crippen LogP contribution in [0.1, 0.15) is 15.9 Å². The third-order valence-corrected chi connectivity index (χ3v) is 6.70. The minimum atomic E-state index is -1.82. The van der Waals surface area contributed by atoms with Crippen LogP contribution in [0.25, 0.3) is 10.9 Å². The zero-order chi connectivity index (χ0) is 25.5. The summed E-state index contributed by atoms with van der Waals surface area (Å²) in [6.07, 6.45) is 5.42. The van der Waals surface area contributed by atoms with Crippen molar-refractivity contribution in [1.82, 2.24) is 9.97 Å². The molecule has 2 aromatic carbocycles. The lowest BCUT2D eigenvalue weighted by Gasteiger charge is -2.15. The first kappa shape index (κ1) is 24.8. The quantitative estimate of drug-likeness (QED) is 0.200. The van der Waals surface area contributed by atoms with E-state index < -0.39 is 11.9 Å². The summed E-state index contributed by atoms with van der Waals surface area (Å²) in [5, 5.41) is 15.7. The molecule has 3 N–H and O–H groups in total. The van der Waals surface area contributed by atoms with Crippen molar-refractivity contribution in [1.29, 1.82) is 0 Å². The van der Waals surface area contributed by atoms with Crippen LogP contribution in [-0.2, 0) is 16.2 Å². The topological polar surface area (TPSA) is 133 Å². The number of aromatic nitrogens is 2. The Kier molecular flexibility index (Phi) is 7.86. The van der Waals surface area contributed by atoms with Gasteiger partial charge in [-0.25, -0.2) is 9.59 Å². The standard InChI is InChI=1S/C24H21N3O2S.C2H2O4/c28-24(18-14-27(30-16-18)19-7-4-10-25-12-19)22-13-26-23-9-8-20(11-21(22)23)29-15-17-5-2-1-3-6-17;3-1(4)2(5)6/h1-13,18,26H,14-16H2;(H,3,4)(H,5,6). The number of ketones is 1. The monoisotopic (exact) mass is 505 g/mol. The van der Waals surface area contributed by atoms with Gasteiger partial charge in [-0.3, -0.25) is 9.78 Å². The van der Waals surface area contributed by atoms with Crippen molar-refractivity contribution in [2.45, 2.75) is 6.61 Å². The second-order valence-corrected chi connectivity index (χ2v) is 8.96. The molecule has 9 nitrogen and oxygen atoms in total. The Bertz CT molecular complexity index is 1350. The van der Waals surface area contributed by atoms with E-state index in [1.165, 1.54) is 0 Å². The van der Waals surface area contributed by atoms with Crippen LogP contribution in [0.4, 0.5) is 5.69 Å². The number of carbonyl (C=O) groups excluding carboxylic acids is 1. The van der Waals surface area contributed by atoms with Crippen molar-refractivity contribution in [2.24, 2.45) is 5.92 Å². The Morgan fingerprint density at radius 2 is 1.83 bits per heavy atom. The summed E-state index contributed by atoms with van der Waals surface area (Å²) in [5.74, 6) is -2.00. The number of H-pyrrole nitrogens is 1. The average molecular weight is 506 g/mol. The van der Waals surface area contributed by atoms with E-state index in [-0.39, 0.29) is 11.7 Å². The minimum absolute atomic E-state index is 0.0527. The number of anilines is 1. The lowest BCUT2D eigenvalue weighted by molar-refractivity contribution is -0.159. The molecule has 5 rings (SSSR count). The maximum absolute atomic E-state index is 13.3. The Labute approximate surface area is 210 Å². The lowest BCUT2D eigenvalue weighted by atomic mass is 9.98. The van der Waals surface area contributed by atoms with Crippen molar-refractivity contribution in [2.75, 3.05) is 16.6 Å². The van der Waals surface area contributed by atoms with E-state index in [0.717, 1.165) is 39.2 Å². The fourth-order valence-corrected chi connectivity index (χ4v) is 4.84. The highest BCUT2D eigenvalue weighted by atomic mass is 32.2. The fourth-order valence-electron chi connectivity index (χ4n) is 3.68. The number of aliphatic carboxylic acids is 2. The summed E-state index contributed by atoms with van der Waals surface area (Å²) in [7, 11) is 0. The number of Topliss-reactive ketones (excluding diaryl/α,β-unsaturated/α-hetero) is 1. The van der Waals surface area contributed by atoms with E-state index in [9.17, 15) is 4.79 Å². The van der Waals surface area contributed by atoms with Gasteiger partial charge < -0.3 is 24.2 Å². The van der Waals surface area contributed by atoms with Crippen LogP contribution in [0.3, 0.4) is 0 Å². The van der Waals surface area contributed by atoms with Crippen molar-refractivity contribution in [3.63, 3.8) is 0 Å². The first-order valence-corrected chi connectivity index (χ1v) is 12.0. The van der Waals surface area contributed by atoms with Gasteiger partial charge in [0.05, 0.1) is 17.8 Å². The van der Waals surface area contributed by atoms with Crippen LogP contribution in [0, 0.1) is 5.92 Å². The molecule has 0 saturated carbocycles. The number of nitrogens with one attached hydrogen (secondary N) is 1. The largest absolute Gasteiger partial charge is 0.489 e. The molecule has 1 saturated heterocycles. The molecule has 1 unspecified atom stereocenters. The number of hydrogen-bond donors (Lipinski definition) is 3. The molecule has 10 heteroatoms. The number of hydrogen-bond acceptors (Lipinski definition) is 7. The van der Waals surface area contributed by atoms with E-state index in [0.29, 0.717) is 13.2 Å². The van der Waals surface area contributed by atoms with Gasteiger partial charge in [0.1, 0.15) is 12.4 Å². The molecule has 4 aromatic rings. The number of rotatable bonds is 6. The van der Waals surface area contributed by atoms with E-state index in [4.69, 9.17) is 24.5 Å². The highest BCUT2D eigenvalue weighted by Crippen LogP contribution is 2.34. The molecule has 2 aromatic heterocycles. The second-order valence-electron chi connectivity index (χ2n) is 7.92. The molecular weight excluding hydrogens is 482 g/mol. The molecule has 36 heavy (non-hydrogen) atoms. The fraction of sp³-hybridized carbons (Fsp3) is 0.154. The Morgan fingerprint density at radius 3 is 2.53 bits per heavy atom. The highest BCUT2D eigenvalue weighted by Gasteiger charge is 2.31. The predicted octanol–water partition coefficient (Wildman–Crippen LogP) is 4.26. The number of ether oxygens (including phenoxy) is 1. The van der Waals surface area contributed by atoms with E-state index in [2.05, 4.69) is 14.3 Å². The summed E-state index contributed by atoms with van der Waals surface area (Å²) >= 11 is 1.68. The number of fused-ring (bicyclic) bond motifs is 1. The van der Waals surface area contributed by atoms with Gasteiger partial charge in [0.25, 0.3) is 0 Å². The third kappa shape index (κ3) is 6.02. The predicted molar refractivity (Wildman–Crippen MR) is 136 cm³/mol. The number of aromatic amines is 1. The van der Waals surface area contributed by atoms with Gasteiger partial charge in [0.2, 0.25) is 0 Å². The van der Waals surface area contributed by atoms with Crippen LogP contribution in [0.15, 0.2) is 79.3 Å². The molecule has 1 atom stereocenters. The number of carboxylic acid groups (broad SMARTS) is 2. The van der Waals surface area contributed by atoms with Gasteiger partial charge in [-0.2, -0.15) is 0 Å². The van der Waals surface area contributed by atoms with Crippen LogP contribution in [0.2, 0.25) is 0 Å². The highest BCUT2D eigenvalue weighted by molar-refractivity contribution is 8.00. The van der Waals surface area contributed by atoms with Gasteiger partial charge in [-0.1, -0.05) is 30.3 Å². The normalized spacial score (nSPS) is 14.7. The number of nitrogens with zero attached hydrogens (tertiary/aromatic N) is 2. The van der Waals surface area contributed by atoms with E-state index >= 15 is 0 Å². The van der Waals surface area contributed by atoms with Gasteiger partial charge >= 0.3 is 11.9 Å². The van der Waals surface area contributed by atoms with Gasteiger partial charge in [0.15, 0.2) is 5.78 Å². The van der Waals surface area contributed by atoms with Crippen molar-refractivity contribution in [3.05, 3.63) is 90.4 Å². The minimum Gasteiger partial charge on any atom is -0.489 e. The maximum Gasteiger partial charge on any atom is 0.414 e. The molecular formula is C26H23N3O6S. The van der Waals surface area contributed by atoms with Crippen molar-refractivity contribution >= 4 is 46.3 Å². The molecule has 0 spiro atoms. The average Bonchev–Trinajstić information content (AvgIpc) is 3.56. The van der Waals surface area contributed by atoms with Gasteiger partial charge in [-0.15, -0.1) is 0 Å². The van der Waals surface area contributed by atoms with Crippen LogP contribution >= 0.6 is 11.9 Å². The number of benzene rings is 2. The zero-order valence-corrected chi connectivity index (χ0v) is 19.9. The third-order valence-electron chi connectivity index (χ3n) is 5.47. The van der Waals surface area contributed by atoms with Gasteiger partial charge in [0, 0.05) is 41.2 Å². The number of carboxylic acids is 2. The molecule has 1 aliphatic rings. The first-order chi connectivity index (χ1) is 17.4. The van der Waals surface area contributed by atoms with Gasteiger partial charge in [-0.05, 0) is 47.8 Å². The van der Waals surface area contributed by atoms with Crippen molar-refractivity contribution in [3.8, 4) is 5.75 Å². The first-order valence-electron chi connectivity index (χ1n) is 11.0. The number of carbonyl (C=O) groups is 3. The summed E-state index contributed by atoms with van der Waals surface area (Å²) in [6, 6.07) is 19.9. The molecule has 0 amide bonds. The maximum atomic E-state index is 13.3. The SMILES string of the molecule is O=C(O)C(=O)O.O=C(c1c[nH]c2ccc(OCc3ccccc3)cc12)C1CSN(c2cccnc2)C1. The second kappa shape index (κ2) is 11.4.